The van der Waals surface area contributed by atoms with Crippen molar-refractivity contribution in [1.82, 2.24) is 0 Å². The highest BCUT2D eigenvalue weighted by atomic mass is 35.5. The number of carbonyl (C=O) groups is 2. The molecule has 2 amide bonds. The largest absolute Gasteiger partial charge is 1.00 e. The SMILES string of the molecule is O=C1CC([NH+]2CC[NH+](Cc3ccccc3)CC2)C(=O)N1c1ccc2c(c1)OCCO2.[Cl-].[Cl-]. The molecule has 3 heterocycles. The second-order valence-corrected chi connectivity index (χ2v) is 8.22. The molecule has 0 bridgehead atoms. The number of carbonyl (C=O) groups excluding carboxylic acids is 2. The summed E-state index contributed by atoms with van der Waals surface area (Å²) in [4.78, 5) is 30.0. The van der Waals surface area contributed by atoms with Crippen LogP contribution in [-0.4, -0.2) is 57.2 Å². The van der Waals surface area contributed by atoms with Crippen LogP contribution in [0.4, 0.5) is 5.69 Å². The minimum atomic E-state index is -0.288. The van der Waals surface area contributed by atoms with Gasteiger partial charge in [-0.05, 0) is 12.1 Å². The maximum Gasteiger partial charge on any atom is 0.292 e. The fraction of sp³-hybridized carbons (Fsp3) is 0.391. The Balaban J connectivity index is 0.00000144. The second-order valence-electron chi connectivity index (χ2n) is 8.22. The summed E-state index contributed by atoms with van der Waals surface area (Å²) in [7, 11) is 0. The number of hydrogen-bond donors (Lipinski definition) is 2. The van der Waals surface area contributed by atoms with Gasteiger partial charge in [0.05, 0.1) is 12.1 Å². The number of quaternary nitrogens is 2. The van der Waals surface area contributed by atoms with Crippen molar-refractivity contribution in [2.24, 2.45) is 0 Å². The molecule has 3 aliphatic rings. The Morgan fingerprint density at radius 1 is 0.875 bits per heavy atom. The molecule has 32 heavy (non-hydrogen) atoms. The van der Waals surface area contributed by atoms with Crippen LogP contribution in [0.1, 0.15) is 12.0 Å². The first kappa shape index (κ1) is 24.3. The van der Waals surface area contributed by atoms with E-state index in [1.807, 2.05) is 6.07 Å². The molecule has 3 aliphatic heterocycles. The zero-order valence-electron chi connectivity index (χ0n) is 17.7. The van der Waals surface area contributed by atoms with Gasteiger partial charge in [-0.15, -0.1) is 0 Å². The molecule has 2 saturated heterocycles. The van der Waals surface area contributed by atoms with Gasteiger partial charge < -0.3 is 44.1 Å². The molecule has 0 spiro atoms. The van der Waals surface area contributed by atoms with Gasteiger partial charge in [-0.1, -0.05) is 30.3 Å². The third-order valence-corrected chi connectivity index (χ3v) is 6.32. The Morgan fingerprint density at radius 2 is 1.56 bits per heavy atom. The van der Waals surface area contributed by atoms with Gasteiger partial charge in [-0.3, -0.25) is 9.59 Å². The third-order valence-electron chi connectivity index (χ3n) is 6.32. The maximum atomic E-state index is 13.2. The van der Waals surface area contributed by atoms with Crippen molar-refractivity contribution < 1.29 is 53.7 Å². The third kappa shape index (κ3) is 4.86. The first-order valence-corrected chi connectivity index (χ1v) is 10.7. The van der Waals surface area contributed by atoms with Gasteiger partial charge in [0.25, 0.3) is 5.91 Å². The van der Waals surface area contributed by atoms with Crippen molar-refractivity contribution in [3.8, 4) is 11.5 Å². The van der Waals surface area contributed by atoms with Crippen LogP contribution in [0.5, 0.6) is 11.5 Å². The van der Waals surface area contributed by atoms with E-state index in [1.165, 1.54) is 20.3 Å². The number of hydrogen-bond acceptors (Lipinski definition) is 4. The van der Waals surface area contributed by atoms with Crippen LogP contribution < -0.4 is 49.0 Å². The van der Waals surface area contributed by atoms with Crippen LogP contribution in [0.3, 0.4) is 0 Å². The first-order chi connectivity index (χ1) is 14.7. The molecule has 0 radical (unpaired) electrons. The number of nitrogens with zero attached hydrogens (tertiary/aromatic N) is 1. The zero-order valence-corrected chi connectivity index (χ0v) is 19.2. The van der Waals surface area contributed by atoms with Gasteiger partial charge >= 0.3 is 0 Å². The highest BCUT2D eigenvalue weighted by Gasteiger charge is 2.47. The van der Waals surface area contributed by atoms with Gasteiger partial charge in [0, 0.05) is 11.6 Å². The molecule has 2 N–H and O–H groups in total. The summed E-state index contributed by atoms with van der Waals surface area (Å²) in [6, 6.07) is 15.5. The molecule has 1 unspecified atom stereocenters. The van der Waals surface area contributed by atoms with E-state index >= 15 is 0 Å². The Morgan fingerprint density at radius 3 is 2.28 bits per heavy atom. The summed E-state index contributed by atoms with van der Waals surface area (Å²) < 4.78 is 11.2. The van der Waals surface area contributed by atoms with Gasteiger partial charge in [0.1, 0.15) is 45.9 Å². The number of rotatable bonds is 4. The van der Waals surface area contributed by atoms with E-state index in [1.54, 1.807) is 18.2 Å². The quantitative estimate of drug-likeness (QED) is 0.428. The molecule has 2 fully saturated rings. The summed E-state index contributed by atoms with van der Waals surface area (Å²) in [5, 5.41) is 0. The number of nitrogens with one attached hydrogen (secondary N) is 2. The predicted molar refractivity (Wildman–Crippen MR) is 110 cm³/mol. The van der Waals surface area contributed by atoms with E-state index in [2.05, 4.69) is 24.3 Å². The van der Waals surface area contributed by atoms with Crippen molar-refractivity contribution in [1.29, 1.82) is 0 Å². The number of imide groups is 1. The van der Waals surface area contributed by atoms with Gasteiger partial charge in [-0.25, -0.2) is 4.90 Å². The lowest BCUT2D eigenvalue weighted by atomic mass is 10.1. The van der Waals surface area contributed by atoms with E-state index in [0.29, 0.717) is 30.4 Å². The fourth-order valence-electron chi connectivity index (χ4n) is 4.73. The van der Waals surface area contributed by atoms with Crippen LogP contribution in [0, 0.1) is 0 Å². The van der Waals surface area contributed by atoms with E-state index < -0.39 is 0 Å². The number of benzene rings is 2. The summed E-state index contributed by atoms with van der Waals surface area (Å²) >= 11 is 0. The standard InChI is InChI=1S/C23H25N3O4.2ClH/c27-22-15-19(25-10-8-24(9-11-25)16-17-4-2-1-3-5-17)23(28)26(22)18-6-7-20-21(14-18)30-13-12-29-20;;/h1-7,14,19H,8-13,15-16H2;2*1H. The molecule has 0 saturated carbocycles. The molecule has 172 valence electrons. The molecule has 5 rings (SSSR count). The van der Waals surface area contributed by atoms with Crippen molar-refractivity contribution in [3.63, 3.8) is 0 Å². The van der Waals surface area contributed by atoms with Crippen LogP contribution in [0.2, 0.25) is 0 Å². The van der Waals surface area contributed by atoms with Gasteiger partial charge in [-0.2, -0.15) is 0 Å². The van der Waals surface area contributed by atoms with E-state index in [9.17, 15) is 9.59 Å². The highest BCUT2D eigenvalue weighted by molar-refractivity contribution is 6.22. The van der Waals surface area contributed by atoms with Crippen molar-refractivity contribution in [2.45, 2.75) is 19.0 Å². The number of amides is 2. The average Bonchev–Trinajstić information content (AvgIpc) is 3.08. The Labute approximate surface area is 200 Å². The molecule has 9 heteroatoms. The van der Waals surface area contributed by atoms with Crippen LogP contribution >= 0.6 is 0 Å². The highest BCUT2D eigenvalue weighted by Crippen LogP contribution is 2.35. The second kappa shape index (κ2) is 10.5. The smallest absolute Gasteiger partial charge is 0.292 e. The molecule has 0 aliphatic carbocycles. The number of anilines is 1. The number of piperazine rings is 1. The average molecular weight is 480 g/mol. The summed E-state index contributed by atoms with van der Waals surface area (Å²) in [5.74, 6) is 1.02. The lowest BCUT2D eigenvalue weighted by molar-refractivity contribution is -1.02. The van der Waals surface area contributed by atoms with Crippen LogP contribution in [0.25, 0.3) is 0 Å². The maximum absolute atomic E-state index is 13.2. The van der Waals surface area contributed by atoms with Crippen LogP contribution in [0.15, 0.2) is 48.5 Å². The molecule has 2 aromatic rings. The summed E-state index contributed by atoms with van der Waals surface area (Å²) in [6.45, 7) is 5.81. The molecule has 7 nitrogen and oxygen atoms in total. The lowest BCUT2D eigenvalue weighted by Gasteiger charge is -2.32. The monoisotopic (exact) mass is 479 g/mol. The molecular weight excluding hydrogens is 453 g/mol. The zero-order chi connectivity index (χ0) is 20.5. The Hall–Kier alpha value is -2.32. The topological polar surface area (TPSA) is 64.7 Å². The van der Waals surface area contributed by atoms with E-state index in [4.69, 9.17) is 9.47 Å². The molecule has 2 aromatic carbocycles. The van der Waals surface area contributed by atoms with E-state index in [-0.39, 0.29) is 49.1 Å². The Kier molecular flexibility index (Phi) is 8.00. The van der Waals surface area contributed by atoms with Gasteiger partial charge in [0.2, 0.25) is 5.91 Å². The van der Waals surface area contributed by atoms with Crippen LogP contribution in [-0.2, 0) is 16.1 Å². The normalized spacial score (nSPS) is 24.5. The number of halogens is 2. The van der Waals surface area contributed by atoms with E-state index in [0.717, 1.165) is 32.7 Å². The lowest BCUT2D eigenvalue weighted by Crippen LogP contribution is -3.29. The van der Waals surface area contributed by atoms with Crippen molar-refractivity contribution in [3.05, 3.63) is 54.1 Å². The minimum absolute atomic E-state index is 0. The molecule has 1 atom stereocenters. The summed E-state index contributed by atoms with van der Waals surface area (Å²) in [5.41, 5.74) is 1.91. The van der Waals surface area contributed by atoms with Crippen molar-refractivity contribution >= 4 is 17.5 Å². The minimum Gasteiger partial charge on any atom is -1.00 e. The summed E-state index contributed by atoms with van der Waals surface area (Å²) in [6.07, 6.45) is 0.274. The Bertz CT molecular complexity index is 952. The number of ether oxygens (including phenoxy) is 2. The molecular formula is C23H27Cl2N3O4. The first-order valence-electron chi connectivity index (χ1n) is 10.7. The van der Waals surface area contributed by atoms with Crippen molar-refractivity contribution in [2.75, 3.05) is 44.3 Å². The fourth-order valence-corrected chi connectivity index (χ4v) is 4.73. The molecule has 0 aromatic heterocycles. The number of fused-ring (bicyclic) bond motifs is 1. The predicted octanol–water partition coefficient (Wildman–Crippen LogP) is -6.92. The van der Waals surface area contributed by atoms with Gasteiger partial charge in [0.15, 0.2) is 17.5 Å².